The lowest BCUT2D eigenvalue weighted by Crippen LogP contribution is -2.22. The third-order valence-corrected chi connectivity index (χ3v) is 3.72. The normalized spacial score (nSPS) is 12.7. The second kappa shape index (κ2) is 8.98. The smallest absolute Gasteiger partial charge is 0.270 e. The van der Waals surface area contributed by atoms with Crippen LogP contribution in [0, 0.1) is 0 Å². The molecule has 0 heterocycles. The molecule has 27 heavy (non-hydrogen) atoms. The average molecular weight is 376 g/mol. The number of amidine groups is 1. The summed E-state index contributed by atoms with van der Waals surface area (Å²) in [6.07, 6.45) is 0. The van der Waals surface area contributed by atoms with Crippen LogP contribution < -0.4 is 16.3 Å². The molecule has 0 saturated carbocycles. The maximum atomic E-state index is 13.2. The van der Waals surface area contributed by atoms with Gasteiger partial charge in [0, 0.05) is 12.5 Å². The molecule has 0 aliphatic carbocycles. The Morgan fingerprint density at radius 3 is 2.26 bits per heavy atom. The first-order chi connectivity index (χ1) is 12.8. The van der Waals surface area contributed by atoms with Crippen LogP contribution in [0.4, 0.5) is 8.78 Å². The molecule has 0 fully saturated rings. The fourth-order valence-corrected chi connectivity index (χ4v) is 2.14. The Balaban J connectivity index is 1.89. The van der Waals surface area contributed by atoms with Crippen LogP contribution in [-0.2, 0) is 17.4 Å². The van der Waals surface area contributed by atoms with Crippen LogP contribution in [0.3, 0.4) is 0 Å². The number of ether oxygens (including phenoxy) is 1. The Hall–Kier alpha value is -3.16. The first-order valence-corrected chi connectivity index (χ1v) is 8.19. The summed E-state index contributed by atoms with van der Waals surface area (Å²) in [5.74, 6) is 2.99. The highest BCUT2D eigenvalue weighted by molar-refractivity contribution is 5.98. The summed E-state index contributed by atoms with van der Waals surface area (Å²) in [4.78, 5) is 5.31. The fourth-order valence-electron chi connectivity index (χ4n) is 2.14. The molecule has 0 aromatic heterocycles. The Labute approximate surface area is 156 Å². The Morgan fingerprint density at radius 2 is 1.70 bits per heavy atom. The Kier molecular flexibility index (Phi) is 6.70. The van der Waals surface area contributed by atoms with E-state index in [-0.39, 0.29) is 24.6 Å². The van der Waals surface area contributed by atoms with Gasteiger partial charge in [-0.05, 0) is 42.3 Å². The number of rotatable bonds is 8. The van der Waals surface area contributed by atoms with Crippen LogP contribution in [-0.4, -0.2) is 18.2 Å². The zero-order valence-electron chi connectivity index (χ0n) is 15.2. The van der Waals surface area contributed by atoms with E-state index in [0.29, 0.717) is 11.5 Å². The van der Waals surface area contributed by atoms with Crippen molar-refractivity contribution in [3.8, 4) is 5.75 Å². The maximum absolute atomic E-state index is 13.2. The molecule has 2 aromatic carbocycles. The molecule has 0 radical (unpaired) electrons. The SMILES string of the molecule is C/C(=N\OCc1ccc(C(C)(F)F)cc1)c1ccc(OC/C(N)=N/N)cc1. The number of nitrogens with two attached hydrogens (primary N) is 2. The predicted molar refractivity (Wildman–Crippen MR) is 101 cm³/mol. The van der Waals surface area contributed by atoms with Crippen molar-refractivity contribution in [2.45, 2.75) is 26.4 Å². The van der Waals surface area contributed by atoms with Crippen LogP contribution in [0.5, 0.6) is 5.75 Å². The molecule has 0 aliphatic rings. The lowest BCUT2D eigenvalue weighted by atomic mass is 10.1. The van der Waals surface area contributed by atoms with Gasteiger partial charge in [0.25, 0.3) is 5.92 Å². The van der Waals surface area contributed by atoms with Crippen LogP contribution >= 0.6 is 0 Å². The molecule has 6 nitrogen and oxygen atoms in total. The van der Waals surface area contributed by atoms with Gasteiger partial charge in [-0.1, -0.05) is 29.4 Å². The van der Waals surface area contributed by atoms with E-state index in [2.05, 4.69) is 10.3 Å². The second-order valence-corrected chi connectivity index (χ2v) is 5.97. The highest BCUT2D eigenvalue weighted by atomic mass is 19.3. The number of hydrogen-bond acceptors (Lipinski definition) is 5. The summed E-state index contributed by atoms with van der Waals surface area (Å²) in [6.45, 7) is 2.96. The van der Waals surface area contributed by atoms with Gasteiger partial charge in [-0.2, -0.15) is 5.10 Å². The average Bonchev–Trinajstić information content (AvgIpc) is 2.66. The zero-order chi connectivity index (χ0) is 19.9. The Bertz CT molecular complexity index is 798. The summed E-state index contributed by atoms with van der Waals surface area (Å²) in [5.41, 5.74) is 7.69. The molecule has 2 rings (SSSR count). The molecular formula is C19H22F2N4O2. The van der Waals surface area contributed by atoms with Crippen molar-refractivity contribution in [3.63, 3.8) is 0 Å². The minimum Gasteiger partial charge on any atom is -0.486 e. The van der Waals surface area contributed by atoms with Crippen molar-refractivity contribution in [1.82, 2.24) is 0 Å². The number of alkyl halides is 2. The molecule has 0 saturated heterocycles. The number of hydrogen-bond donors (Lipinski definition) is 2. The molecule has 0 aliphatic heterocycles. The van der Waals surface area contributed by atoms with Crippen LogP contribution in [0.2, 0.25) is 0 Å². The molecule has 0 unspecified atom stereocenters. The molecular weight excluding hydrogens is 354 g/mol. The highest BCUT2D eigenvalue weighted by Crippen LogP contribution is 2.26. The van der Waals surface area contributed by atoms with Gasteiger partial charge >= 0.3 is 0 Å². The number of oxime groups is 1. The van der Waals surface area contributed by atoms with Crippen molar-refractivity contribution in [1.29, 1.82) is 0 Å². The van der Waals surface area contributed by atoms with Gasteiger partial charge < -0.3 is 21.2 Å². The molecule has 4 N–H and O–H groups in total. The standard InChI is InChI=1S/C19H22F2N4O2/c1-13(15-5-9-17(10-6-15)26-12-18(22)24-23)25-27-11-14-3-7-16(8-4-14)19(2,20)21/h3-10H,11-12,23H2,1-2H3,(H2,22,24)/b25-13+. The van der Waals surface area contributed by atoms with E-state index >= 15 is 0 Å². The van der Waals surface area contributed by atoms with Gasteiger partial charge in [0.2, 0.25) is 0 Å². The van der Waals surface area contributed by atoms with E-state index in [9.17, 15) is 8.78 Å². The molecule has 8 heteroatoms. The minimum atomic E-state index is -2.85. The van der Waals surface area contributed by atoms with Crippen LogP contribution in [0.25, 0.3) is 0 Å². The molecule has 0 atom stereocenters. The molecule has 0 bridgehead atoms. The quantitative estimate of drug-likeness (QED) is 0.320. The summed E-state index contributed by atoms with van der Waals surface area (Å²) in [6, 6.07) is 13.1. The molecule has 144 valence electrons. The van der Waals surface area contributed by atoms with E-state index in [1.807, 2.05) is 12.1 Å². The first kappa shape index (κ1) is 20.2. The number of nitrogens with zero attached hydrogens (tertiary/aromatic N) is 2. The molecule has 2 aromatic rings. The second-order valence-electron chi connectivity index (χ2n) is 5.97. The Morgan fingerprint density at radius 1 is 1.07 bits per heavy atom. The largest absolute Gasteiger partial charge is 0.486 e. The molecule has 0 spiro atoms. The van der Waals surface area contributed by atoms with Crippen molar-refractivity contribution >= 4 is 11.5 Å². The number of halogens is 2. The van der Waals surface area contributed by atoms with Crippen LogP contribution in [0.15, 0.2) is 58.8 Å². The number of benzene rings is 2. The van der Waals surface area contributed by atoms with E-state index in [0.717, 1.165) is 18.1 Å². The van der Waals surface area contributed by atoms with Crippen molar-refractivity contribution < 1.29 is 18.4 Å². The minimum absolute atomic E-state index is 0.0345. The fraction of sp³-hybridized carbons (Fsp3) is 0.263. The first-order valence-electron chi connectivity index (χ1n) is 8.19. The van der Waals surface area contributed by atoms with Crippen molar-refractivity contribution in [2.75, 3.05) is 6.61 Å². The van der Waals surface area contributed by atoms with Crippen molar-refractivity contribution in [2.24, 2.45) is 21.8 Å². The molecule has 0 amide bonds. The summed E-state index contributed by atoms with van der Waals surface area (Å²) in [5, 5.41) is 7.37. The van der Waals surface area contributed by atoms with E-state index in [1.54, 1.807) is 31.2 Å². The van der Waals surface area contributed by atoms with Gasteiger partial charge in [0.05, 0.1) is 5.71 Å². The van der Waals surface area contributed by atoms with Crippen LogP contribution in [0.1, 0.15) is 30.5 Å². The monoisotopic (exact) mass is 376 g/mol. The summed E-state index contributed by atoms with van der Waals surface area (Å²) in [7, 11) is 0. The maximum Gasteiger partial charge on any atom is 0.270 e. The van der Waals surface area contributed by atoms with E-state index in [1.165, 1.54) is 12.1 Å². The summed E-state index contributed by atoms with van der Waals surface area (Å²) >= 11 is 0. The van der Waals surface area contributed by atoms with Gasteiger partial charge in [-0.3, -0.25) is 0 Å². The van der Waals surface area contributed by atoms with E-state index in [4.69, 9.17) is 21.2 Å². The number of hydrazone groups is 1. The predicted octanol–water partition coefficient (Wildman–Crippen LogP) is 3.35. The third kappa shape index (κ3) is 6.25. The lowest BCUT2D eigenvalue weighted by molar-refractivity contribution is 0.0174. The van der Waals surface area contributed by atoms with Crippen molar-refractivity contribution in [3.05, 3.63) is 65.2 Å². The topological polar surface area (TPSA) is 95.2 Å². The van der Waals surface area contributed by atoms with Gasteiger partial charge in [0.15, 0.2) is 5.84 Å². The summed E-state index contributed by atoms with van der Waals surface area (Å²) < 4.78 is 31.8. The lowest BCUT2D eigenvalue weighted by Gasteiger charge is -2.10. The van der Waals surface area contributed by atoms with Gasteiger partial charge in [-0.25, -0.2) is 8.78 Å². The zero-order valence-corrected chi connectivity index (χ0v) is 15.2. The highest BCUT2D eigenvalue weighted by Gasteiger charge is 2.23. The van der Waals surface area contributed by atoms with Gasteiger partial charge in [0.1, 0.15) is 19.0 Å². The third-order valence-electron chi connectivity index (χ3n) is 3.72. The van der Waals surface area contributed by atoms with E-state index < -0.39 is 5.92 Å². The van der Waals surface area contributed by atoms with Gasteiger partial charge in [-0.15, -0.1) is 0 Å².